The van der Waals surface area contributed by atoms with Crippen molar-refractivity contribution in [3.05, 3.63) is 10.9 Å². The molecule has 0 atom stereocenters. The quantitative estimate of drug-likeness (QED) is 0.837. The van der Waals surface area contributed by atoms with Gasteiger partial charge in [-0.05, 0) is 19.4 Å². The van der Waals surface area contributed by atoms with E-state index < -0.39 is 0 Å². The number of nitrogen functional groups attached to an aromatic ring is 1. The molecule has 2 rings (SSSR count). The van der Waals surface area contributed by atoms with Crippen LogP contribution in [0.1, 0.15) is 18.2 Å². The molecule has 0 saturated carbocycles. The summed E-state index contributed by atoms with van der Waals surface area (Å²) >= 11 is 1.64. The van der Waals surface area contributed by atoms with Gasteiger partial charge >= 0.3 is 0 Å². The molecule has 2 aromatic heterocycles. The zero-order chi connectivity index (χ0) is 10.8. The number of aromatic nitrogens is 2. The summed E-state index contributed by atoms with van der Waals surface area (Å²) in [4.78, 5) is 10.6. The van der Waals surface area contributed by atoms with Gasteiger partial charge < -0.3 is 11.1 Å². The number of thiophene rings is 1. The lowest BCUT2D eigenvalue weighted by Crippen LogP contribution is -2.04. The van der Waals surface area contributed by atoms with Gasteiger partial charge in [0.15, 0.2) is 0 Å². The molecule has 0 saturated heterocycles. The van der Waals surface area contributed by atoms with Gasteiger partial charge in [-0.1, -0.05) is 6.92 Å². The second-order valence-electron chi connectivity index (χ2n) is 3.43. The van der Waals surface area contributed by atoms with E-state index in [0.717, 1.165) is 29.0 Å². The number of anilines is 2. The predicted octanol–water partition coefficient (Wildman–Crippen LogP) is 2.40. The fraction of sp³-hybridized carbons (Fsp3) is 0.400. The Morgan fingerprint density at radius 2 is 2.27 bits per heavy atom. The van der Waals surface area contributed by atoms with E-state index in [0.29, 0.717) is 5.95 Å². The predicted molar refractivity (Wildman–Crippen MR) is 65.3 cm³/mol. The summed E-state index contributed by atoms with van der Waals surface area (Å²) in [6, 6.07) is 2.09. The molecule has 5 heteroatoms. The average Bonchev–Trinajstić information content (AvgIpc) is 2.54. The molecule has 0 aromatic carbocycles. The van der Waals surface area contributed by atoms with E-state index in [-0.39, 0.29) is 0 Å². The third-order valence-electron chi connectivity index (χ3n) is 2.08. The van der Waals surface area contributed by atoms with Gasteiger partial charge in [0.2, 0.25) is 5.95 Å². The van der Waals surface area contributed by atoms with Crippen molar-refractivity contribution in [3.63, 3.8) is 0 Å². The summed E-state index contributed by atoms with van der Waals surface area (Å²) in [7, 11) is 0. The van der Waals surface area contributed by atoms with Gasteiger partial charge in [0.05, 0.1) is 5.39 Å². The number of nitrogens with one attached hydrogen (secondary N) is 1. The average molecular weight is 222 g/mol. The first-order valence-electron chi connectivity index (χ1n) is 4.98. The minimum atomic E-state index is 0.336. The van der Waals surface area contributed by atoms with Crippen molar-refractivity contribution in [2.45, 2.75) is 20.3 Å². The first-order chi connectivity index (χ1) is 7.20. The Morgan fingerprint density at radius 3 is 3.00 bits per heavy atom. The Bertz CT molecular complexity index is 477. The van der Waals surface area contributed by atoms with Crippen LogP contribution >= 0.6 is 11.3 Å². The van der Waals surface area contributed by atoms with Crippen molar-refractivity contribution in [1.82, 2.24) is 9.97 Å². The summed E-state index contributed by atoms with van der Waals surface area (Å²) in [5.74, 6) is 1.19. The molecular weight excluding hydrogens is 208 g/mol. The van der Waals surface area contributed by atoms with Crippen LogP contribution in [-0.4, -0.2) is 16.5 Å². The maximum atomic E-state index is 5.65. The Balaban J connectivity index is 2.50. The summed E-state index contributed by atoms with van der Waals surface area (Å²) < 4.78 is 0. The molecule has 0 fully saturated rings. The lowest BCUT2D eigenvalue weighted by molar-refractivity contribution is 0.971. The van der Waals surface area contributed by atoms with Gasteiger partial charge in [0, 0.05) is 11.4 Å². The zero-order valence-corrected chi connectivity index (χ0v) is 9.69. The molecule has 15 heavy (non-hydrogen) atoms. The third kappa shape index (κ3) is 2.02. The molecule has 0 amide bonds. The van der Waals surface area contributed by atoms with Crippen LogP contribution in [0.2, 0.25) is 0 Å². The first-order valence-corrected chi connectivity index (χ1v) is 5.80. The van der Waals surface area contributed by atoms with Crippen molar-refractivity contribution in [1.29, 1.82) is 0 Å². The van der Waals surface area contributed by atoms with Gasteiger partial charge in [-0.15, -0.1) is 11.3 Å². The number of rotatable bonds is 3. The zero-order valence-electron chi connectivity index (χ0n) is 8.87. The Kier molecular flexibility index (Phi) is 2.73. The van der Waals surface area contributed by atoms with Crippen LogP contribution in [0.25, 0.3) is 10.2 Å². The molecule has 0 spiro atoms. The van der Waals surface area contributed by atoms with Crippen LogP contribution in [0.4, 0.5) is 11.8 Å². The van der Waals surface area contributed by atoms with Crippen LogP contribution in [0.3, 0.4) is 0 Å². The van der Waals surface area contributed by atoms with Crippen LogP contribution in [0.15, 0.2) is 6.07 Å². The van der Waals surface area contributed by atoms with Crippen LogP contribution in [0.5, 0.6) is 0 Å². The minimum Gasteiger partial charge on any atom is -0.369 e. The molecule has 4 nitrogen and oxygen atoms in total. The molecule has 2 aromatic rings. The number of nitrogens with zero attached hydrogens (tertiary/aromatic N) is 2. The van der Waals surface area contributed by atoms with Gasteiger partial charge in [-0.3, -0.25) is 0 Å². The SMILES string of the molecule is CCCNc1nc(N)nc2sc(C)cc12. The van der Waals surface area contributed by atoms with Gasteiger partial charge in [0.25, 0.3) is 0 Å². The molecule has 0 aliphatic heterocycles. The first kappa shape index (κ1) is 10.2. The highest BCUT2D eigenvalue weighted by atomic mass is 32.1. The Morgan fingerprint density at radius 1 is 1.47 bits per heavy atom. The second kappa shape index (κ2) is 4.02. The Labute approximate surface area is 92.5 Å². The van der Waals surface area contributed by atoms with Crippen LogP contribution in [-0.2, 0) is 0 Å². The highest BCUT2D eigenvalue weighted by Crippen LogP contribution is 2.28. The highest BCUT2D eigenvalue weighted by Gasteiger charge is 2.08. The molecule has 2 heterocycles. The lowest BCUT2D eigenvalue weighted by atomic mass is 10.3. The lowest BCUT2D eigenvalue weighted by Gasteiger charge is -2.05. The van der Waals surface area contributed by atoms with Crippen molar-refractivity contribution in [2.24, 2.45) is 0 Å². The summed E-state index contributed by atoms with van der Waals surface area (Å²) in [5, 5.41) is 4.34. The maximum Gasteiger partial charge on any atom is 0.223 e. The summed E-state index contributed by atoms with van der Waals surface area (Å²) in [6.07, 6.45) is 1.06. The molecule has 3 N–H and O–H groups in total. The topological polar surface area (TPSA) is 63.8 Å². The summed E-state index contributed by atoms with van der Waals surface area (Å²) in [5.41, 5.74) is 5.65. The van der Waals surface area contributed by atoms with Crippen LogP contribution in [0, 0.1) is 6.92 Å². The molecule has 0 aliphatic carbocycles. The molecule has 0 unspecified atom stereocenters. The molecule has 0 radical (unpaired) electrons. The molecular formula is C10H14N4S. The second-order valence-corrected chi connectivity index (χ2v) is 4.67. The van der Waals surface area contributed by atoms with E-state index in [9.17, 15) is 0 Å². The number of aryl methyl sites for hydroxylation is 1. The van der Waals surface area contributed by atoms with E-state index in [1.165, 1.54) is 4.88 Å². The van der Waals surface area contributed by atoms with E-state index in [2.05, 4.69) is 35.2 Å². The monoisotopic (exact) mass is 222 g/mol. The minimum absolute atomic E-state index is 0.336. The molecule has 0 bridgehead atoms. The van der Waals surface area contributed by atoms with Crippen molar-refractivity contribution < 1.29 is 0 Å². The van der Waals surface area contributed by atoms with E-state index in [4.69, 9.17) is 5.73 Å². The molecule has 80 valence electrons. The smallest absolute Gasteiger partial charge is 0.223 e. The summed E-state index contributed by atoms with van der Waals surface area (Å²) in [6.45, 7) is 5.08. The largest absolute Gasteiger partial charge is 0.369 e. The Hall–Kier alpha value is -1.36. The van der Waals surface area contributed by atoms with E-state index in [1.807, 2.05) is 0 Å². The van der Waals surface area contributed by atoms with Gasteiger partial charge in [0.1, 0.15) is 10.6 Å². The fourth-order valence-electron chi connectivity index (χ4n) is 1.44. The third-order valence-corrected chi connectivity index (χ3v) is 3.02. The number of hydrogen-bond donors (Lipinski definition) is 2. The maximum absolute atomic E-state index is 5.65. The van der Waals surface area contributed by atoms with E-state index in [1.54, 1.807) is 11.3 Å². The van der Waals surface area contributed by atoms with Crippen LogP contribution < -0.4 is 11.1 Å². The standard InChI is InChI=1S/C10H14N4S/c1-3-4-12-8-7-5-6(2)15-9(7)14-10(11)13-8/h5H,3-4H2,1-2H3,(H3,11,12,13,14). The van der Waals surface area contributed by atoms with Crippen molar-refractivity contribution in [3.8, 4) is 0 Å². The highest BCUT2D eigenvalue weighted by molar-refractivity contribution is 7.18. The van der Waals surface area contributed by atoms with Gasteiger partial charge in [-0.25, -0.2) is 4.98 Å². The fourth-order valence-corrected chi connectivity index (χ4v) is 2.32. The number of hydrogen-bond acceptors (Lipinski definition) is 5. The normalized spacial score (nSPS) is 10.8. The van der Waals surface area contributed by atoms with Gasteiger partial charge in [-0.2, -0.15) is 4.98 Å². The number of fused-ring (bicyclic) bond motifs is 1. The van der Waals surface area contributed by atoms with E-state index >= 15 is 0 Å². The molecule has 0 aliphatic rings. The number of nitrogens with two attached hydrogens (primary N) is 1. The van der Waals surface area contributed by atoms with Crippen molar-refractivity contribution >= 4 is 33.3 Å². The van der Waals surface area contributed by atoms with Crippen molar-refractivity contribution in [2.75, 3.05) is 17.6 Å².